The highest BCUT2D eigenvalue weighted by atomic mass is 19.3. The molecule has 2 heteroatoms. The molecule has 0 radical (unpaired) electrons. The van der Waals surface area contributed by atoms with E-state index in [-0.39, 0.29) is 0 Å². The van der Waals surface area contributed by atoms with Gasteiger partial charge in [0.15, 0.2) is 0 Å². The van der Waals surface area contributed by atoms with E-state index in [0.717, 1.165) is 23.8 Å². The molecule has 0 aromatic rings. The SMILES string of the molecule is CCCCCCC[C@H]1CC[C@H]([C@H]2CC[C@H](CC=C(F)F)CC2)CC1. The topological polar surface area (TPSA) is 0 Å². The zero-order valence-corrected chi connectivity index (χ0v) is 15.7. The molecule has 0 aromatic heterocycles. The molecule has 2 rings (SSSR count). The van der Waals surface area contributed by atoms with E-state index in [1.807, 2.05) is 0 Å². The number of hydrogen-bond donors (Lipinski definition) is 0. The van der Waals surface area contributed by atoms with Gasteiger partial charge in [-0.25, -0.2) is 0 Å². The zero-order chi connectivity index (χ0) is 17.2. The molecule has 0 amide bonds. The van der Waals surface area contributed by atoms with Crippen LogP contribution in [0.3, 0.4) is 0 Å². The Balaban J connectivity index is 1.57. The van der Waals surface area contributed by atoms with Crippen LogP contribution in [0.15, 0.2) is 12.2 Å². The van der Waals surface area contributed by atoms with Crippen molar-refractivity contribution in [3.63, 3.8) is 0 Å². The van der Waals surface area contributed by atoms with Crippen LogP contribution >= 0.6 is 0 Å². The Bertz CT molecular complexity index is 343. The van der Waals surface area contributed by atoms with Crippen molar-refractivity contribution in [3.05, 3.63) is 12.2 Å². The van der Waals surface area contributed by atoms with Crippen molar-refractivity contribution in [1.82, 2.24) is 0 Å². The molecular formula is C22H38F2. The first-order chi connectivity index (χ1) is 11.7. The van der Waals surface area contributed by atoms with Crippen LogP contribution in [0.4, 0.5) is 8.78 Å². The highest BCUT2D eigenvalue weighted by molar-refractivity contribution is 4.87. The van der Waals surface area contributed by atoms with Gasteiger partial charge < -0.3 is 0 Å². The second-order valence-electron chi connectivity index (χ2n) is 8.49. The van der Waals surface area contributed by atoms with Gasteiger partial charge in [-0.15, -0.1) is 0 Å². The molecule has 140 valence electrons. The molecule has 0 N–H and O–H groups in total. The summed E-state index contributed by atoms with van der Waals surface area (Å²) in [5.41, 5.74) is 0. The highest BCUT2D eigenvalue weighted by Gasteiger charge is 2.30. The standard InChI is InChI=1S/C22H38F2/c1-2-3-4-5-6-7-18-8-13-20(14-9-18)21-15-10-19(11-16-21)12-17-22(23)24/h17-21H,2-16H2,1H3/t18-,19-,20-,21-. The smallest absolute Gasteiger partial charge is 0.174 e. The van der Waals surface area contributed by atoms with Crippen LogP contribution in [0.5, 0.6) is 0 Å². The Hall–Kier alpha value is -0.400. The number of allylic oxidation sites excluding steroid dienone is 1. The molecule has 0 aromatic carbocycles. The van der Waals surface area contributed by atoms with Gasteiger partial charge in [0, 0.05) is 0 Å². The van der Waals surface area contributed by atoms with Gasteiger partial charge in [0.05, 0.1) is 0 Å². The molecule has 0 saturated heterocycles. The van der Waals surface area contributed by atoms with Gasteiger partial charge in [-0.05, 0) is 74.7 Å². The third-order valence-electron chi connectivity index (χ3n) is 6.77. The fourth-order valence-corrected chi connectivity index (χ4v) is 5.14. The van der Waals surface area contributed by atoms with E-state index in [4.69, 9.17) is 0 Å². The van der Waals surface area contributed by atoms with Gasteiger partial charge in [0.1, 0.15) is 0 Å². The molecule has 24 heavy (non-hydrogen) atoms. The summed E-state index contributed by atoms with van der Waals surface area (Å²) in [7, 11) is 0. The summed E-state index contributed by atoms with van der Waals surface area (Å²) in [5, 5.41) is 0. The van der Waals surface area contributed by atoms with Crippen molar-refractivity contribution in [2.75, 3.05) is 0 Å². The molecule has 0 unspecified atom stereocenters. The Morgan fingerprint density at radius 1 is 0.750 bits per heavy atom. The minimum Gasteiger partial charge on any atom is -0.174 e. The van der Waals surface area contributed by atoms with E-state index < -0.39 is 6.08 Å². The Morgan fingerprint density at radius 2 is 1.29 bits per heavy atom. The third kappa shape index (κ3) is 7.23. The predicted octanol–water partition coefficient (Wildman–Crippen LogP) is 8.13. The molecule has 2 aliphatic rings. The fraction of sp³-hybridized carbons (Fsp3) is 0.909. The summed E-state index contributed by atoms with van der Waals surface area (Å²) in [6, 6.07) is 0. The minimum atomic E-state index is -1.50. The van der Waals surface area contributed by atoms with Crippen molar-refractivity contribution in [3.8, 4) is 0 Å². The number of unbranched alkanes of at least 4 members (excludes halogenated alkanes) is 4. The lowest BCUT2D eigenvalue weighted by molar-refractivity contribution is 0.143. The monoisotopic (exact) mass is 340 g/mol. The lowest BCUT2D eigenvalue weighted by atomic mass is 9.68. The highest BCUT2D eigenvalue weighted by Crippen LogP contribution is 2.43. The molecule has 0 bridgehead atoms. The molecule has 0 atom stereocenters. The molecule has 2 fully saturated rings. The van der Waals surface area contributed by atoms with Gasteiger partial charge in [0.25, 0.3) is 6.08 Å². The molecule has 2 aliphatic carbocycles. The second kappa shape index (κ2) is 11.3. The summed E-state index contributed by atoms with van der Waals surface area (Å²) in [4.78, 5) is 0. The van der Waals surface area contributed by atoms with Crippen molar-refractivity contribution in [2.45, 2.75) is 103 Å². The van der Waals surface area contributed by atoms with Crippen LogP contribution in [0.25, 0.3) is 0 Å². The fourth-order valence-electron chi connectivity index (χ4n) is 5.14. The Morgan fingerprint density at radius 3 is 1.83 bits per heavy atom. The Kier molecular flexibility index (Phi) is 9.35. The maximum absolute atomic E-state index is 12.2. The number of halogens is 2. The average molecular weight is 341 g/mol. The third-order valence-corrected chi connectivity index (χ3v) is 6.77. The molecule has 0 aliphatic heterocycles. The Labute approximate surface area is 148 Å². The van der Waals surface area contributed by atoms with Crippen LogP contribution in [0, 0.1) is 23.7 Å². The quantitative estimate of drug-likeness (QED) is 0.372. The lowest BCUT2D eigenvalue weighted by Gasteiger charge is -2.37. The lowest BCUT2D eigenvalue weighted by Crippen LogP contribution is -2.25. The van der Waals surface area contributed by atoms with Gasteiger partial charge in [-0.2, -0.15) is 8.78 Å². The molecule has 0 heterocycles. The number of rotatable bonds is 9. The van der Waals surface area contributed by atoms with E-state index in [1.165, 1.54) is 89.9 Å². The average Bonchev–Trinajstić information content (AvgIpc) is 2.61. The first-order valence-electron chi connectivity index (χ1n) is 10.7. The second-order valence-corrected chi connectivity index (χ2v) is 8.49. The van der Waals surface area contributed by atoms with Crippen LogP contribution in [-0.2, 0) is 0 Å². The van der Waals surface area contributed by atoms with Crippen LogP contribution in [0.1, 0.15) is 103 Å². The minimum absolute atomic E-state index is 0.516. The van der Waals surface area contributed by atoms with Crippen LogP contribution in [-0.4, -0.2) is 0 Å². The van der Waals surface area contributed by atoms with E-state index >= 15 is 0 Å². The van der Waals surface area contributed by atoms with Gasteiger partial charge in [-0.1, -0.05) is 58.3 Å². The molecule has 0 nitrogen and oxygen atoms in total. The van der Waals surface area contributed by atoms with E-state index in [2.05, 4.69) is 6.92 Å². The summed E-state index contributed by atoms with van der Waals surface area (Å²) in [5.74, 6) is 3.35. The van der Waals surface area contributed by atoms with Crippen molar-refractivity contribution < 1.29 is 8.78 Å². The van der Waals surface area contributed by atoms with Crippen molar-refractivity contribution >= 4 is 0 Å². The van der Waals surface area contributed by atoms with Crippen molar-refractivity contribution in [2.24, 2.45) is 23.7 Å². The first kappa shape index (κ1) is 19.9. The zero-order valence-electron chi connectivity index (χ0n) is 15.7. The first-order valence-corrected chi connectivity index (χ1v) is 10.7. The summed E-state index contributed by atoms with van der Waals surface area (Å²) >= 11 is 0. The normalized spacial score (nSPS) is 31.0. The van der Waals surface area contributed by atoms with Crippen LogP contribution < -0.4 is 0 Å². The predicted molar refractivity (Wildman–Crippen MR) is 99.2 cm³/mol. The molecular weight excluding hydrogens is 302 g/mol. The van der Waals surface area contributed by atoms with Crippen LogP contribution in [0.2, 0.25) is 0 Å². The van der Waals surface area contributed by atoms with E-state index in [9.17, 15) is 8.78 Å². The largest absolute Gasteiger partial charge is 0.266 e. The molecule has 0 spiro atoms. The van der Waals surface area contributed by atoms with Gasteiger partial charge in [-0.3, -0.25) is 0 Å². The van der Waals surface area contributed by atoms with Gasteiger partial charge >= 0.3 is 0 Å². The van der Waals surface area contributed by atoms with Gasteiger partial charge in [0.2, 0.25) is 0 Å². The van der Waals surface area contributed by atoms with Crippen molar-refractivity contribution in [1.29, 1.82) is 0 Å². The van der Waals surface area contributed by atoms with E-state index in [0.29, 0.717) is 12.3 Å². The summed E-state index contributed by atoms with van der Waals surface area (Å²) in [6.45, 7) is 2.28. The summed E-state index contributed by atoms with van der Waals surface area (Å²) < 4.78 is 24.4. The summed E-state index contributed by atoms with van der Waals surface area (Å²) in [6.07, 6.45) is 19.5. The maximum Gasteiger partial charge on any atom is 0.266 e. The van der Waals surface area contributed by atoms with E-state index in [1.54, 1.807) is 0 Å². The maximum atomic E-state index is 12.2. The molecule has 2 saturated carbocycles. The number of hydrogen-bond acceptors (Lipinski definition) is 0.